The van der Waals surface area contributed by atoms with Crippen molar-refractivity contribution >= 4 is 15.9 Å². The van der Waals surface area contributed by atoms with Gasteiger partial charge in [-0.15, -0.1) is 0 Å². The van der Waals surface area contributed by atoms with E-state index in [0.717, 1.165) is 24.0 Å². The van der Waals surface area contributed by atoms with Crippen molar-refractivity contribution in [3.63, 3.8) is 0 Å². The lowest BCUT2D eigenvalue weighted by Gasteiger charge is -2.28. The molecule has 1 aromatic carbocycles. The van der Waals surface area contributed by atoms with Gasteiger partial charge in [0.2, 0.25) is 10.0 Å². The number of benzene rings is 1. The van der Waals surface area contributed by atoms with Gasteiger partial charge in [0.15, 0.2) is 5.69 Å². The fourth-order valence-corrected chi connectivity index (χ4v) is 4.71. The highest BCUT2D eigenvalue weighted by Crippen LogP contribution is 2.24. The molecule has 0 spiro atoms. The van der Waals surface area contributed by atoms with Gasteiger partial charge in [0, 0.05) is 32.3 Å². The number of aryl methyl sites for hydroxylation is 1. The molecule has 1 amide bonds. The number of aromatic nitrogens is 1. The summed E-state index contributed by atoms with van der Waals surface area (Å²) in [5.41, 5.74) is 2.18. The van der Waals surface area contributed by atoms with E-state index in [2.05, 4.69) is 9.88 Å². The second-order valence-electron chi connectivity index (χ2n) is 7.22. The van der Waals surface area contributed by atoms with Crippen molar-refractivity contribution in [1.29, 1.82) is 0 Å². The number of amides is 1. The Kier molecular flexibility index (Phi) is 5.22. The molecule has 1 aromatic heterocycles. The van der Waals surface area contributed by atoms with Gasteiger partial charge in [-0.05, 0) is 49.4 Å². The summed E-state index contributed by atoms with van der Waals surface area (Å²) in [5.74, 6) is 0.406. The van der Waals surface area contributed by atoms with E-state index in [4.69, 9.17) is 9.26 Å². The average molecular weight is 405 g/mol. The van der Waals surface area contributed by atoms with E-state index in [0.29, 0.717) is 44.1 Å². The first-order valence-electron chi connectivity index (χ1n) is 9.38. The summed E-state index contributed by atoms with van der Waals surface area (Å²) in [5, 5.41) is 3.78. The zero-order valence-corrected chi connectivity index (χ0v) is 16.5. The van der Waals surface area contributed by atoms with Crippen molar-refractivity contribution < 1.29 is 22.5 Å². The van der Waals surface area contributed by atoms with Crippen LogP contribution in [0.25, 0.3) is 0 Å². The summed E-state index contributed by atoms with van der Waals surface area (Å²) in [6, 6.07) is 6.69. The SMILES string of the molecule is Cc1cc(C(=O)N2CCc3cc(S(=O)(=O)NC[C@@H]4CCCO4)ccc3C2)no1. The van der Waals surface area contributed by atoms with Crippen molar-refractivity contribution in [3.8, 4) is 0 Å². The first-order valence-corrected chi connectivity index (χ1v) is 10.9. The third-order valence-corrected chi connectivity index (χ3v) is 6.58. The number of hydrogen-bond acceptors (Lipinski definition) is 6. The summed E-state index contributed by atoms with van der Waals surface area (Å²) in [6.07, 6.45) is 2.38. The highest BCUT2D eigenvalue weighted by Gasteiger charge is 2.26. The molecule has 1 saturated heterocycles. The maximum atomic E-state index is 12.6. The van der Waals surface area contributed by atoms with Crippen LogP contribution in [-0.2, 0) is 27.7 Å². The minimum absolute atomic E-state index is 0.0489. The van der Waals surface area contributed by atoms with Crippen LogP contribution in [0.4, 0.5) is 0 Å². The van der Waals surface area contributed by atoms with Gasteiger partial charge in [-0.2, -0.15) is 0 Å². The van der Waals surface area contributed by atoms with Gasteiger partial charge in [-0.25, -0.2) is 13.1 Å². The monoisotopic (exact) mass is 405 g/mol. The molecule has 2 aliphatic rings. The van der Waals surface area contributed by atoms with Gasteiger partial charge in [0.05, 0.1) is 11.0 Å². The predicted molar refractivity (Wildman–Crippen MR) is 100 cm³/mol. The number of fused-ring (bicyclic) bond motifs is 1. The molecule has 3 heterocycles. The normalized spacial score (nSPS) is 19.6. The number of hydrogen-bond donors (Lipinski definition) is 1. The minimum atomic E-state index is -3.58. The van der Waals surface area contributed by atoms with Crippen LogP contribution >= 0.6 is 0 Å². The Balaban J connectivity index is 1.45. The number of carbonyl (C=O) groups excluding carboxylic acids is 1. The van der Waals surface area contributed by atoms with E-state index < -0.39 is 10.0 Å². The van der Waals surface area contributed by atoms with Crippen molar-refractivity contribution in [3.05, 3.63) is 46.8 Å². The fourth-order valence-electron chi connectivity index (χ4n) is 3.59. The zero-order chi connectivity index (χ0) is 19.7. The topological polar surface area (TPSA) is 102 Å². The second-order valence-corrected chi connectivity index (χ2v) is 8.98. The summed E-state index contributed by atoms with van der Waals surface area (Å²) in [4.78, 5) is 14.5. The molecule has 4 rings (SSSR count). The van der Waals surface area contributed by atoms with Crippen LogP contribution in [-0.4, -0.2) is 50.2 Å². The first kappa shape index (κ1) is 19.1. The van der Waals surface area contributed by atoms with Crippen LogP contribution in [0.15, 0.2) is 33.7 Å². The quantitative estimate of drug-likeness (QED) is 0.811. The van der Waals surface area contributed by atoms with E-state index >= 15 is 0 Å². The molecule has 150 valence electrons. The van der Waals surface area contributed by atoms with Gasteiger partial charge in [-0.1, -0.05) is 11.2 Å². The molecule has 0 unspecified atom stereocenters. The number of nitrogens with one attached hydrogen (secondary N) is 1. The molecular weight excluding hydrogens is 382 g/mol. The Morgan fingerprint density at radius 3 is 2.89 bits per heavy atom. The largest absolute Gasteiger partial charge is 0.377 e. The maximum absolute atomic E-state index is 12.6. The van der Waals surface area contributed by atoms with Crippen molar-refractivity contribution in [2.45, 2.75) is 43.7 Å². The van der Waals surface area contributed by atoms with Crippen molar-refractivity contribution in [2.75, 3.05) is 19.7 Å². The molecule has 1 N–H and O–H groups in total. The molecule has 1 fully saturated rings. The standard InChI is InChI=1S/C19H23N3O5S/c1-13-9-18(21-27-13)19(23)22-7-6-14-10-17(5-4-15(14)12-22)28(24,25)20-11-16-3-2-8-26-16/h4-5,9-10,16,20H,2-3,6-8,11-12H2,1H3/t16-/m0/s1. The van der Waals surface area contributed by atoms with Crippen LogP contribution in [0.2, 0.25) is 0 Å². The zero-order valence-electron chi connectivity index (χ0n) is 15.7. The smallest absolute Gasteiger partial charge is 0.276 e. The Labute approximate surface area is 163 Å². The maximum Gasteiger partial charge on any atom is 0.276 e. The fraction of sp³-hybridized carbons (Fsp3) is 0.474. The van der Waals surface area contributed by atoms with Gasteiger partial charge >= 0.3 is 0 Å². The first-order chi connectivity index (χ1) is 13.4. The van der Waals surface area contributed by atoms with Crippen LogP contribution in [0.5, 0.6) is 0 Å². The molecule has 2 aliphatic heterocycles. The molecule has 1 atom stereocenters. The van der Waals surface area contributed by atoms with Crippen molar-refractivity contribution in [1.82, 2.24) is 14.8 Å². The molecule has 9 heteroatoms. The Hall–Kier alpha value is -2.23. The summed E-state index contributed by atoms with van der Waals surface area (Å²) >= 11 is 0. The van der Waals surface area contributed by atoms with Crippen LogP contribution in [0.3, 0.4) is 0 Å². The third-order valence-electron chi connectivity index (χ3n) is 5.16. The van der Waals surface area contributed by atoms with Gasteiger partial charge < -0.3 is 14.2 Å². The lowest BCUT2D eigenvalue weighted by Crippen LogP contribution is -2.36. The molecule has 0 aliphatic carbocycles. The minimum Gasteiger partial charge on any atom is -0.377 e. The number of sulfonamides is 1. The van der Waals surface area contributed by atoms with Gasteiger partial charge in [0.25, 0.3) is 5.91 Å². The van der Waals surface area contributed by atoms with Crippen LogP contribution in [0.1, 0.15) is 40.2 Å². The van der Waals surface area contributed by atoms with E-state index in [1.165, 1.54) is 0 Å². The number of nitrogens with zero attached hydrogens (tertiary/aromatic N) is 2. The molecular formula is C19H23N3O5S. The summed E-state index contributed by atoms with van der Waals surface area (Å²) in [6.45, 7) is 3.64. The second kappa shape index (κ2) is 7.65. The number of ether oxygens (including phenoxy) is 1. The Morgan fingerprint density at radius 1 is 1.32 bits per heavy atom. The van der Waals surface area contributed by atoms with E-state index in [9.17, 15) is 13.2 Å². The third kappa shape index (κ3) is 3.96. The molecule has 0 radical (unpaired) electrons. The predicted octanol–water partition coefficient (Wildman–Crippen LogP) is 1.64. The highest BCUT2D eigenvalue weighted by molar-refractivity contribution is 7.89. The number of carbonyl (C=O) groups is 1. The molecule has 0 saturated carbocycles. The molecule has 2 aromatic rings. The lowest BCUT2D eigenvalue weighted by atomic mass is 9.99. The summed E-state index contributed by atoms with van der Waals surface area (Å²) in [7, 11) is -3.58. The summed E-state index contributed by atoms with van der Waals surface area (Å²) < 4.78 is 38.3. The average Bonchev–Trinajstić information content (AvgIpc) is 3.36. The van der Waals surface area contributed by atoms with Crippen LogP contribution in [0, 0.1) is 6.92 Å². The van der Waals surface area contributed by atoms with E-state index in [1.54, 1.807) is 36.1 Å². The highest BCUT2D eigenvalue weighted by atomic mass is 32.2. The van der Waals surface area contributed by atoms with Crippen LogP contribution < -0.4 is 4.72 Å². The molecule has 0 bridgehead atoms. The van der Waals surface area contributed by atoms with Gasteiger partial charge in [-0.3, -0.25) is 4.79 Å². The number of rotatable bonds is 5. The van der Waals surface area contributed by atoms with Gasteiger partial charge in [0.1, 0.15) is 5.76 Å². The van der Waals surface area contributed by atoms with E-state index in [-0.39, 0.29) is 16.9 Å². The molecule has 28 heavy (non-hydrogen) atoms. The Bertz CT molecular complexity index is 979. The Morgan fingerprint density at radius 2 is 2.18 bits per heavy atom. The van der Waals surface area contributed by atoms with E-state index in [1.807, 2.05) is 0 Å². The molecule has 8 nitrogen and oxygen atoms in total. The lowest BCUT2D eigenvalue weighted by molar-refractivity contribution is 0.0724. The van der Waals surface area contributed by atoms with Crippen molar-refractivity contribution in [2.24, 2.45) is 0 Å².